The molecule has 1 aromatic heterocycles. The van der Waals surface area contributed by atoms with Crippen molar-refractivity contribution in [3.8, 4) is 5.75 Å². The smallest absolute Gasteiger partial charge is 0.291 e. The van der Waals surface area contributed by atoms with Gasteiger partial charge in [0.2, 0.25) is 0 Å². The van der Waals surface area contributed by atoms with Gasteiger partial charge in [0.25, 0.3) is 11.8 Å². The van der Waals surface area contributed by atoms with Crippen LogP contribution in [0.2, 0.25) is 0 Å². The zero-order chi connectivity index (χ0) is 18.8. The first kappa shape index (κ1) is 17.6. The quantitative estimate of drug-likeness (QED) is 0.900. The number of carbonyl (C=O) groups excluding carboxylic acids is 2. The Morgan fingerprint density at radius 3 is 2.44 bits per heavy atom. The van der Waals surface area contributed by atoms with Crippen LogP contribution in [0.25, 0.3) is 0 Å². The van der Waals surface area contributed by atoms with Crippen molar-refractivity contribution >= 4 is 17.5 Å². The number of anilines is 1. The van der Waals surface area contributed by atoms with E-state index in [4.69, 9.17) is 4.74 Å². The maximum Gasteiger partial charge on any atom is 0.291 e. The summed E-state index contributed by atoms with van der Waals surface area (Å²) in [5.74, 6) is 0.721. The molecule has 3 heterocycles. The van der Waals surface area contributed by atoms with Crippen molar-refractivity contribution < 1.29 is 14.3 Å². The van der Waals surface area contributed by atoms with Crippen LogP contribution in [-0.2, 0) is 13.0 Å². The van der Waals surface area contributed by atoms with Crippen LogP contribution in [-0.4, -0.2) is 46.5 Å². The minimum Gasteiger partial charge on any atom is -0.497 e. The fourth-order valence-corrected chi connectivity index (χ4v) is 3.82. The van der Waals surface area contributed by atoms with E-state index < -0.39 is 0 Å². The third-order valence-corrected chi connectivity index (χ3v) is 5.26. The van der Waals surface area contributed by atoms with Crippen molar-refractivity contribution in [2.75, 3.05) is 25.5 Å². The zero-order valence-electron chi connectivity index (χ0n) is 15.5. The van der Waals surface area contributed by atoms with Crippen molar-refractivity contribution in [3.63, 3.8) is 0 Å². The van der Waals surface area contributed by atoms with Crippen LogP contribution in [0.3, 0.4) is 0 Å². The highest BCUT2D eigenvalue weighted by atomic mass is 16.5. The second-order valence-electron chi connectivity index (χ2n) is 7.02. The molecule has 2 aromatic rings. The van der Waals surface area contributed by atoms with Crippen LogP contribution in [0.5, 0.6) is 5.75 Å². The summed E-state index contributed by atoms with van der Waals surface area (Å²) in [5.41, 5.74) is 2.02. The number of likely N-dealkylation sites (tertiary alicyclic amines) is 1. The van der Waals surface area contributed by atoms with Gasteiger partial charge in [0, 0.05) is 25.3 Å². The molecule has 2 aliphatic heterocycles. The van der Waals surface area contributed by atoms with Crippen LogP contribution in [0.4, 0.5) is 5.69 Å². The van der Waals surface area contributed by atoms with Gasteiger partial charge in [-0.1, -0.05) is 0 Å². The number of nitrogens with one attached hydrogen (secondary N) is 1. The number of nitrogens with zero attached hydrogens (tertiary/aromatic N) is 3. The van der Waals surface area contributed by atoms with E-state index in [0.717, 1.165) is 63.2 Å². The van der Waals surface area contributed by atoms with Gasteiger partial charge in [-0.25, -0.2) is 4.98 Å². The fraction of sp³-hybridized carbons (Fsp3) is 0.450. The zero-order valence-corrected chi connectivity index (χ0v) is 15.5. The second kappa shape index (κ2) is 7.42. The first-order chi connectivity index (χ1) is 13.2. The molecule has 27 heavy (non-hydrogen) atoms. The maximum atomic E-state index is 12.9. The molecule has 2 amide bonds. The molecule has 1 aromatic carbocycles. The summed E-state index contributed by atoms with van der Waals surface area (Å²) >= 11 is 0. The molecule has 1 fully saturated rings. The van der Waals surface area contributed by atoms with Crippen molar-refractivity contribution in [2.24, 2.45) is 0 Å². The number of aromatic nitrogens is 2. The number of fused-ring (bicyclic) bond motifs is 1. The molecule has 2 aliphatic rings. The molecule has 0 unspecified atom stereocenters. The first-order valence-electron chi connectivity index (χ1n) is 9.51. The summed E-state index contributed by atoms with van der Waals surface area (Å²) in [6.07, 6.45) is 4.87. The average Bonchev–Trinajstić information content (AvgIpc) is 3.36. The molecule has 0 radical (unpaired) electrons. The van der Waals surface area contributed by atoms with Crippen molar-refractivity contribution in [3.05, 3.63) is 41.5 Å². The summed E-state index contributed by atoms with van der Waals surface area (Å²) in [6.45, 7) is 2.28. The van der Waals surface area contributed by atoms with E-state index >= 15 is 0 Å². The van der Waals surface area contributed by atoms with E-state index in [1.54, 1.807) is 31.4 Å². The maximum absolute atomic E-state index is 12.9. The van der Waals surface area contributed by atoms with Crippen molar-refractivity contribution in [1.29, 1.82) is 0 Å². The van der Waals surface area contributed by atoms with Gasteiger partial charge in [0.15, 0.2) is 5.82 Å². The van der Waals surface area contributed by atoms with Crippen LogP contribution in [0, 0.1) is 0 Å². The topological polar surface area (TPSA) is 76.5 Å². The molecule has 4 rings (SSSR count). The van der Waals surface area contributed by atoms with E-state index in [-0.39, 0.29) is 11.8 Å². The normalized spacial score (nSPS) is 16.1. The predicted octanol–water partition coefficient (Wildman–Crippen LogP) is 2.72. The highest BCUT2D eigenvalue weighted by Crippen LogP contribution is 2.24. The number of amides is 2. The summed E-state index contributed by atoms with van der Waals surface area (Å²) in [5, 5.41) is 2.88. The number of imidazole rings is 1. The van der Waals surface area contributed by atoms with Gasteiger partial charge in [-0.2, -0.15) is 0 Å². The fourth-order valence-electron chi connectivity index (χ4n) is 3.82. The molecule has 0 spiro atoms. The van der Waals surface area contributed by atoms with Crippen molar-refractivity contribution in [1.82, 2.24) is 14.5 Å². The van der Waals surface area contributed by atoms with E-state index in [1.807, 2.05) is 9.47 Å². The van der Waals surface area contributed by atoms with E-state index in [9.17, 15) is 9.59 Å². The molecule has 7 nitrogen and oxygen atoms in total. The Bertz CT molecular complexity index is 851. The molecule has 1 saturated heterocycles. The minimum atomic E-state index is -0.288. The van der Waals surface area contributed by atoms with Gasteiger partial charge >= 0.3 is 0 Å². The molecule has 1 N–H and O–H groups in total. The van der Waals surface area contributed by atoms with Crippen LogP contribution < -0.4 is 10.1 Å². The Balaban J connectivity index is 1.61. The highest BCUT2D eigenvalue weighted by Gasteiger charge is 2.30. The first-order valence-corrected chi connectivity index (χ1v) is 9.51. The Labute approximate surface area is 158 Å². The summed E-state index contributed by atoms with van der Waals surface area (Å²) in [7, 11) is 1.60. The average molecular weight is 368 g/mol. The number of rotatable bonds is 4. The molecule has 0 bridgehead atoms. The number of carbonyl (C=O) groups is 2. The van der Waals surface area contributed by atoms with Crippen LogP contribution >= 0.6 is 0 Å². The number of benzene rings is 1. The highest BCUT2D eigenvalue weighted by molar-refractivity contribution is 6.03. The van der Waals surface area contributed by atoms with Gasteiger partial charge in [-0.3, -0.25) is 9.59 Å². The molecule has 142 valence electrons. The summed E-state index contributed by atoms with van der Waals surface area (Å²) < 4.78 is 7.06. The van der Waals surface area contributed by atoms with Gasteiger partial charge in [-0.05, 0) is 56.4 Å². The summed E-state index contributed by atoms with van der Waals surface area (Å²) in [6, 6.07) is 7.15. The SMILES string of the molecule is COc1ccc(NC(=O)c2nc(C(=O)N3CCCC3)c3n2CCCC3)cc1. The lowest BCUT2D eigenvalue weighted by molar-refractivity contribution is 0.0786. The molecule has 0 atom stereocenters. The lowest BCUT2D eigenvalue weighted by Crippen LogP contribution is -2.29. The molecule has 0 saturated carbocycles. The standard InChI is InChI=1S/C20H24N4O3/c1-27-15-9-7-14(8-10-15)21-19(25)18-22-17(16-6-2-3-13-24(16)18)20(26)23-11-4-5-12-23/h7-10H,2-6,11-13H2,1H3,(H,21,25). The lowest BCUT2D eigenvalue weighted by Gasteiger charge is -2.18. The molecular formula is C20H24N4O3. The molecule has 0 aliphatic carbocycles. The number of methoxy groups -OCH3 is 1. The minimum absolute atomic E-state index is 0.0401. The van der Waals surface area contributed by atoms with Gasteiger partial charge in [0.1, 0.15) is 11.4 Å². The number of ether oxygens (including phenoxy) is 1. The van der Waals surface area contributed by atoms with E-state index in [2.05, 4.69) is 10.3 Å². The predicted molar refractivity (Wildman–Crippen MR) is 101 cm³/mol. The Hall–Kier alpha value is -2.83. The van der Waals surface area contributed by atoms with E-state index in [0.29, 0.717) is 17.2 Å². The Morgan fingerprint density at radius 1 is 1.04 bits per heavy atom. The van der Waals surface area contributed by atoms with Gasteiger partial charge < -0.3 is 19.5 Å². The third-order valence-electron chi connectivity index (χ3n) is 5.26. The van der Waals surface area contributed by atoms with Gasteiger partial charge in [-0.15, -0.1) is 0 Å². The number of hydrogen-bond donors (Lipinski definition) is 1. The van der Waals surface area contributed by atoms with E-state index in [1.165, 1.54) is 0 Å². The van der Waals surface area contributed by atoms with Crippen LogP contribution in [0.1, 0.15) is 52.5 Å². The Kier molecular flexibility index (Phi) is 4.83. The largest absolute Gasteiger partial charge is 0.497 e. The van der Waals surface area contributed by atoms with Gasteiger partial charge in [0.05, 0.1) is 12.8 Å². The third kappa shape index (κ3) is 3.41. The second-order valence-corrected chi connectivity index (χ2v) is 7.02. The van der Waals surface area contributed by atoms with Crippen LogP contribution in [0.15, 0.2) is 24.3 Å². The lowest BCUT2D eigenvalue weighted by atomic mass is 10.1. The van der Waals surface area contributed by atoms with Crippen molar-refractivity contribution in [2.45, 2.75) is 38.6 Å². The summed E-state index contributed by atoms with van der Waals surface area (Å²) in [4.78, 5) is 32.1. The molecule has 7 heteroatoms. The number of hydrogen-bond acceptors (Lipinski definition) is 4. The monoisotopic (exact) mass is 368 g/mol. The Morgan fingerprint density at radius 2 is 1.74 bits per heavy atom. The molecular weight excluding hydrogens is 344 g/mol.